The number of aliphatic hydroxyl groups is 4. The molecule has 6 N–H and O–H groups in total. The summed E-state index contributed by atoms with van der Waals surface area (Å²) in [7, 11) is 2.19. The van der Waals surface area contributed by atoms with Crippen LogP contribution in [0.15, 0.2) is 24.3 Å². The maximum atomic E-state index is 11.6. The van der Waals surface area contributed by atoms with Crippen LogP contribution < -0.4 is 4.90 Å². The number of fused-ring (bicyclic) bond motifs is 2. The Morgan fingerprint density at radius 3 is 2.29 bits per heavy atom. The molecule has 0 amide bonds. The molecule has 2 unspecified atom stereocenters. The number of carbonyl (C=O) groups is 2. The monoisotopic (exact) mass is 476 g/mol. The predicted molar refractivity (Wildman–Crippen MR) is 119 cm³/mol. The molecule has 5 bridgehead atoms. The second-order valence-electron chi connectivity index (χ2n) is 10.4. The fraction of sp³-hybridized carbons (Fsp3) is 0.667. The van der Waals surface area contributed by atoms with Gasteiger partial charge in [0.2, 0.25) is 0 Å². The van der Waals surface area contributed by atoms with Crippen LogP contribution in [0.5, 0.6) is 0 Å². The number of nitrogens with zero attached hydrogens (tertiary/aromatic N) is 2. The average Bonchev–Trinajstić information content (AvgIpc) is 3.20. The van der Waals surface area contributed by atoms with Crippen molar-refractivity contribution in [2.75, 3.05) is 11.9 Å². The summed E-state index contributed by atoms with van der Waals surface area (Å²) in [5.41, 5.74) is 2.51. The number of hydrogen-bond acceptors (Lipinski definition) is 8. The van der Waals surface area contributed by atoms with Gasteiger partial charge in [0.05, 0.1) is 12.1 Å². The summed E-state index contributed by atoms with van der Waals surface area (Å²) in [6.45, 7) is 2.19. The Balaban J connectivity index is 0.000000207. The number of aliphatic hydroxyl groups excluding tert-OH is 4. The molecule has 0 radical (unpaired) electrons. The van der Waals surface area contributed by atoms with Crippen molar-refractivity contribution in [1.82, 2.24) is 4.90 Å². The SMILES string of the molecule is CC[C@H]1[C@@H]2C[C@H]3[C@@H]4N(C)c5ccccc5[C@]45C[C@@H](C2[C@@H]5O)N3[C@@H]1O.O=C(O)[C@@H](O)[C@H](O)C(=O)O. The molecule has 10 heteroatoms. The minimum absolute atomic E-state index is 0.126. The van der Waals surface area contributed by atoms with Gasteiger partial charge in [-0.2, -0.15) is 0 Å². The minimum atomic E-state index is -2.27. The van der Waals surface area contributed by atoms with Gasteiger partial charge in [-0.25, -0.2) is 9.59 Å². The lowest BCUT2D eigenvalue weighted by atomic mass is 9.62. The Hall–Kier alpha value is -2.24. The molecule has 1 aromatic rings. The number of anilines is 1. The van der Waals surface area contributed by atoms with Crippen molar-refractivity contribution in [2.24, 2.45) is 17.8 Å². The van der Waals surface area contributed by atoms with E-state index in [4.69, 9.17) is 20.4 Å². The topological polar surface area (TPSA) is 162 Å². The molecule has 7 rings (SSSR count). The fourth-order valence-corrected chi connectivity index (χ4v) is 8.15. The van der Waals surface area contributed by atoms with Gasteiger partial charge < -0.3 is 35.5 Å². The third kappa shape index (κ3) is 2.80. The smallest absolute Gasteiger partial charge is 0.335 e. The van der Waals surface area contributed by atoms with Crippen LogP contribution in [0.4, 0.5) is 5.69 Å². The Bertz CT molecular complexity index is 987. The zero-order valence-electron chi connectivity index (χ0n) is 19.1. The molecule has 4 saturated heterocycles. The van der Waals surface area contributed by atoms with Gasteiger partial charge in [0.25, 0.3) is 0 Å². The van der Waals surface area contributed by atoms with E-state index in [2.05, 4.69) is 48.0 Å². The van der Waals surface area contributed by atoms with Crippen LogP contribution in [0.1, 0.15) is 31.7 Å². The van der Waals surface area contributed by atoms with E-state index in [1.807, 2.05) is 0 Å². The van der Waals surface area contributed by atoms with Crippen molar-refractivity contribution >= 4 is 17.6 Å². The Kier molecular flexibility index (Phi) is 5.45. The van der Waals surface area contributed by atoms with Crippen molar-refractivity contribution < 1.29 is 40.2 Å². The number of piperidine rings is 4. The molecule has 5 fully saturated rings. The summed E-state index contributed by atoms with van der Waals surface area (Å²) in [5, 5.41) is 55.2. The summed E-state index contributed by atoms with van der Waals surface area (Å²) >= 11 is 0. The van der Waals surface area contributed by atoms with Crippen molar-refractivity contribution in [2.45, 2.75) is 74.3 Å². The summed E-state index contributed by atoms with van der Waals surface area (Å²) < 4.78 is 0. The molecule has 1 aromatic carbocycles. The van der Waals surface area contributed by atoms with E-state index in [0.717, 1.165) is 19.3 Å². The lowest BCUT2D eigenvalue weighted by Crippen LogP contribution is -2.72. The van der Waals surface area contributed by atoms with Crippen molar-refractivity contribution in [3.63, 3.8) is 0 Å². The van der Waals surface area contributed by atoms with Crippen LogP contribution in [0.2, 0.25) is 0 Å². The highest BCUT2D eigenvalue weighted by molar-refractivity contribution is 5.83. The molecule has 0 aromatic heterocycles. The van der Waals surface area contributed by atoms with Crippen molar-refractivity contribution in [3.8, 4) is 0 Å². The van der Waals surface area contributed by atoms with Gasteiger partial charge in [-0.1, -0.05) is 25.1 Å². The van der Waals surface area contributed by atoms with E-state index in [0.29, 0.717) is 35.9 Å². The first-order valence-corrected chi connectivity index (χ1v) is 11.9. The highest BCUT2D eigenvalue weighted by atomic mass is 16.4. The summed E-state index contributed by atoms with van der Waals surface area (Å²) in [5.74, 6) is -2.40. The predicted octanol–water partition coefficient (Wildman–Crippen LogP) is -0.568. The van der Waals surface area contributed by atoms with Gasteiger partial charge in [0, 0.05) is 42.1 Å². The lowest BCUT2D eigenvalue weighted by molar-refractivity contribution is -0.211. The van der Waals surface area contributed by atoms with Crippen molar-refractivity contribution in [1.29, 1.82) is 0 Å². The molecule has 6 aliphatic rings. The van der Waals surface area contributed by atoms with Crippen LogP contribution >= 0.6 is 0 Å². The molecular weight excluding hydrogens is 444 g/mol. The Morgan fingerprint density at radius 2 is 1.71 bits per heavy atom. The average molecular weight is 477 g/mol. The lowest BCUT2D eigenvalue weighted by Gasteiger charge is -2.62. The second kappa shape index (κ2) is 7.89. The van der Waals surface area contributed by atoms with Gasteiger partial charge in [-0.05, 0) is 36.8 Å². The molecule has 5 heterocycles. The largest absolute Gasteiger partial charge is 0.479 e. The Labute approximate surface area is 197 Å². The molecule has 10 nitrogen and oxygen atoms in total. The van der Waals surface area contributed by atoms with E-state index < -0.39 is 24.1 Å². The highest BCUT2D eigenvalue weighted by Crippen LogP contribution is 2.68. The van der Waals surface area contributed by atoms with E-state index in [9.17, 15) is 19.8 Å². The maximum Gasteiger partial charge on any atom is 0.335 e. The molecule has 5 aliphatic heterocycles. The minimum Gasteiger partial charge on any atom is -0.479 e. The number of benzene rings is 1. The van der Waals surface area contributed by atoms with Crippen LogP contribution in [0, 0.1) is 17.8 Å². The number of rotatable bonds is 4. The zero-order valence-corrected chi connectivity index (χ0v) is 19.1. The zero-order chi connectivity index (χ0) is 24.7. The van der Waals surface area contributed by atoms with Gasteiger partial charge in [0.15, 0.2) is 12.2 Å². The third-order valence-electron chi connectivity index (χ3n) is 9.27. The van der Waals surface area contributed by atoms with Gasteiger partial charge in [0.1, 0.15) is 6.23 Å². The van der Waals surface area contributed by atoms with E-state index in [1.54, 1.807) is 0 Å². The number of aliphatic carboxylic acids is 2. The highest BCUT2D eigenvalue weighted by Gasteiger charge is 2.76. The fourth-order valence-electron chi connectivity index (χ4n) is 8.15. The van der Waals surface area contributed by atoms with Crippen LogP contribution in [-0.4, -0.2) is 97.2 Å². The molecule has 186 valence electrons. The molecule has 34 heavy (non-hydrogen) atoms. The number of para-hydroxylation sites is 1. The van der Waals surface area contributed by atoms with Gasteiger partial charge >= 0.3 is 11.9 Å². The van der Waals surface area contributed by atoms with Crippen molar-refractivity contribution in [3.05, 3.63) is 29.8 Å². The summed E-state index contributed by atoms with van der Waals surface area (Å²) in [4.78, 5) is 24.4. The first-order valence-electron chi connectivity index (χ1n) is 11.9. The number of carboxylic acids is 2. The van der Waals surface area contributed by atoms with Crippen LogP contribution in [0.3, 0.4) is 0 Å². The molecule has 1 spiro atoms. The number of likely N-dealkylation sites (N-methyl/N-ethyl adjacent to an activating group) is 1. The molecule has 1 saturated carbocycles. The molecule has 1 aliphatic carbocycles. The second-order valence-corrected chi connectivity index (χ2v) is 10.4. The molecule has 12 atom stereocenters. The summed E-state index contributed by atoms with van der Waals surface area (Å²) in [6, 6.07) is 9.70. The number of hydrogen-bond donors (Lipinski definition) is 6. The third-order valence-corrected chi connectivity index (χ3v) is 9.27. The maximum absolute atomic E-state index is 11.6. The van der Waals surface area contributed by atoms with Crippen LogP contribution in [-0.2, 0) is 15.0 Å². The first-order chi connectivity index (χ1) is 16.1. The van der Waals surface area contributed by atoms with E-state index >= 15 is 0 Å². The van der Waals surface area contributed by atoms with E-state index in [-0.39, 0.29) is 17.7 Å². The first kappa shape index (κ1) is 23.5. The number of carboxylic acid groups (broad SMARTS) is 2. The van der Waals surface area contributed by atoms with Gasteiger partial charge in [-0.3, -0.25) is 4.90 Å². The van der Waals surface area contributed by atoms with Gasteiger partial charge in [-0.15, -0.1) is 0 Å². The summed E-state index contributed by atoms with van der Waals surface area (Å²) in [6.07, 6.45) is -1.98. The normalized spacial score (nSPS) is 44.1. The molecular formula is C24H32N2O8. The van der Waals surface area contributed by atoms with Crippen LogP contribution in [0.25, 0.3) is 0 Å². The standard InChI is InChI=1S/C20H26N2O2.C4H6O6/c1-3-10-11-8-14-17-20(12-6-4-5-7-13(12)21(17)2)9-15(16(11)18(20)23)22(14)19(10)24;5-1(3(7)8)2(6)4(9)10/h4-7,10-11,14-19,23-24H,3,8-9H2,1-2H3;1-2,5-6H,(H,7,8)(H,9,10)/t10-,11-,14-,15-,16?,17-,18-,19+,20+;1-,2-/m00/s1. The quantitative estimate of drug-likeness (QED) is 0.332. The Morgan fingerprint density at radius 1 is 1.09 bits per heavy atom. The van der Waals surface area contributed by atoms with E-state index in [1.165, 1.54) is 11.3 Å².